The minimum Gasteiger partial charge on any atom is -0.480 e. The first kappa shape index (κ1) is 24.3. The number of likely N-dealkylation sites (tertiary alicyclic amines) is 1. The van der Waals surface area contributed by atoms with Crippen LogP contribution in [-0.4, -0.2) is 46.2 Å². The van der Waals surface area contributed by atoms with Gasteiger partial charge in [-0.1, -0.05) is 43.0 Å². The lowest BCUT2D eigenvalue weighted by molar-refractivity contribution is -0.173. The van der Waals surface area contributed by atoms with Gasteiger partial charge in [0.25, 0.3) is 0 Å². The van der Waals surface area contributed by atoms with E-state index in [1.165, 1.54) is 18.2 Å². The third-order valence-electron chi connectivity index (χ3n) is 6.19. The monoisotopic (exact) mass is 478 g/mol. The molecule has 0 spiro atoms. The number of nitrogens with one attached hydrogen (secondary N) is 1. The van der Waals surface area contributed by atoms with Crippen molar-refractivity contribution in [3.8, 4) is 0 Å². The Kier molecular flexibility index (Phi) is 7.32. The third kappa shape index (κ3) is 5.00. The molecule has 0 radical (unpaired) electrons. The predicted molar refractivity (Wildman–Crippen MR) is 106 cm³/mol. The summed E-state index contributed by atoms with van der Waals surface area (Å²) in [5.74, 6) is -5.09. The second-order valence-corrected chi connectivity index (χ2v) is 8.62. The Morgan fingerprint density at radius 2 is 1.88 bits per heavy atom. The first-order valence-corrected chi connectivity index (χ1v) is 10.8. The van der Waals surface area contributed by atoms with Gasteiger partial charge in [-0.05, 0) is 43.2 Å². The number of halogens is 5. The second-order valence-electron chi connectivity index (χ2n) is 8.22. The van der Waals surface area contributed by atoms with E-state index in [9.17, 15) is 37.1 Å². The molecule has 176 valence electrons. The molecule has 1 aromatic carbocycles. The highest BCUT2D eigenvalue weighted by Crippen LogP contribution is 2.36. The van der Waals surface area contributed by atoms with E-state index in [2.05, 4.69) is 0 Å². The van der Waals surface area contributed by atoms with Gasteiger partial charge < -0.3 is 10.4 Å². The van der Waals surface area contributed by atoms with E-state index < -0.39 is 53.8 Å². The molecule has 2 aliphatic rings. The fraction of sp³-hybridized carbons (Fsp3) is 0.571. The number of alkyl halides is 3. The summed E-state index contributed by atoms with van der Waals surface area (Å²) >= 11 is 5.71. The summed E-state index contributed by atoms with van der Waals surface area (Å²) in [5.41, 5.74) is 0.173. The molecule has 1 saturated carbocycles. The van der Waals surface area contributed by atoms with Gasteiger partial charge in [-0.25, -0.2) is 18.9 Å². The van der Waals surface area contributed by atoms with Gasteiger partial charge in [-0.2, -0.15) is 13.2 Å². The van der Waals surface area contributed by atoms with Gasteiger partial charge in [0.1, 0.15) is 11.9 Å². The minimum atomic E-state index is -4.73. The van der Waals surface area contributed by atoms with E-state index in [4.69, 9.17) is 11.6 Å². The van der Waals surface area contributed by atoms with Crippen molar-refractivity contribution in [3.63, 3.8) is 0 Å². The summed E-state index contributed by atoms with van der Waals surface area (Å²) in [5, 5.41) is 11.2. The standard InChI is InChI=1S/C21H23ClF4N2O4/c22-14-8-4-7-11(15(14)23)9-10-13-16(19(30)31)28(18(13)29)20(32)27-17(21(24,25)26)12-5-2-1-3-6-12/h4,7-8,12-13,16-17H,1-3,5-6,9-10H2,(H,27,32)(H,30,31)/t13?,16-,17-/m0/s1. The van der Waals surface area contributed by atoms with Crippen LogP contribution >= 0.6 is 11.6 Å². The number of imide groups is 1. The third-order valence-corrected chi connectivity index (χ3v) is 6.49. The Bertz CT molecular complexity index is 889. The average molecular weight is 479 g/mol. The molecule has 32 heavy (non-hydrogen) atoms. The van der Waals surface area contributed by atoms with Crippen molar-refractivity contribution in [3.05, 3.63) is 34.6 Å². The number of carbonyl (C=O) groups excluding carboxylic acids is 2. The number of aryl methyl sites for hydroxylation is 1. The topological polar surface area (TPSA) is 86.7 Å². The van der Waals surface area contributed by atoms with Crippen molar-refractivity contribution in [2.45, 2.75) is 63.2 Å². The van der Waals surface area contributed by atoms with Gasteiger partial charge in [0.05, 0.1) is 10.9 Å². The Labute approximate surface area is 186 Å². The zero-order valence-corrected chi connectivity index (χ0v) is 17.8. The van der Waals surface area contributed by atoms with Crippen molar-refractivity contribution in [2.75, 3.05) is 0 Å². The zero-order valence-electron chi connectivity index (χ0n) is 17.0. The molecule has 11 heteroatoms. The van der Waals surface area contributed by atoms with E-state index >= 15 is 0 Å². The maximum atomic E-state index is 14.0. The molecule has 0 aromatic heterocycles. The minimum absolute atomic E-state index is 0.0186. The van der Waals surface area contributed by atoms with Gasteiger partial charge in [0.15, 0.2) is 6.04 Å². The molecular formula is C21H23ClF4N2O4. The number of β-lactam (4-membered cyclic amide) rings is 1. The fourth-order valence-electron chi connectivity index (χ4n) is 4.53. The van der Waals surface area contributed by atoms with Gasteiger partial charge in [0, 0.05) is 0 Å². The van der Waals surface area contributed by atoms with Crippen molar-refractivity contribution < 1.29 is 37.1 Å². The molecule has 2 fully saturated rings. The summed E-state index contributed by atoms with van der Waals surface area (Å²) in [6, 6.07) is -0.879. The van der Waals surface area contributed by atoms with Crippen molar-refractivity contribution >= 4 is 29.5 Å². The van der Waals surface area contributed by atoms with Gasteiger partial charge in [0.2, 0.25) is 5.91 Å². The van der Waals surface area contributed by atoms with Crippen LogP contribution in [-0.2, 0) is 16.0 Å². The molecule has 1 unspecified atom stereocenters. The average Bonchev–Trinajstić information content (AvgIpc) is 2.72. The van der Waals surface area contributed by atoms with Gasteiger partial charge in [-0.3, -0.25) is 4.79 Å². The number of hydrogen-bond donors (Lipinski definition) is 2. The molecular weight excluding hydrogens is 456 g/mol. The van der Waals surface area contributed by atoms with Crippen LogP contribution in [0.1, 0.15) is 44.1 Å². The molecule has 1 aromatic rings. The second kappa shape index (κ2) is 9.64. The first-order chi connectivity index (χ1) is 15.0. The quantitative estimate of drug-likeness (QED) is 0.464. The lowest BCUT2D eigenvalue weighted by atomic mass is 9.82. The van der Waals surface area contributed by atoms with Crippen LogP contribution in [0.4, 0.5) is 22.4 Å². The van der Waals surface area contributed by atoms with Crippen molar-refractivity contribution in [2.24, 2.45) is 11.8 Å². The van der Waals surface area contributed by atoms with Gasteiger partial charge in [-0.15, -0.1) is 0 Å². The summed E-state index contributed by atoms with van der Waals surface area (Å²) in [6.07, 6.45) is -2.24. The number of benzene rings is 1. The van der Waals surface area contributed by atoms with E-state index in [-0.39, 0.29) is 36.3 Å². The van der Waals surface area contributed by atoms with Crippen LogP contribution in [0.25, 0.3) is 0 Å². The van der Waals surface area contributed by atoms with Crippen LogP contribution in [0.5, 0.6) is 0 Å². The van der Waals surface area contributed by atoms with Crippen LogP contribution < -0.4 is 5.32 Å². The number of carboxylic acid groups (broad SMARTS) is 1. The summed E-state index contributed by atoms with van der Waals surface area (Å²) < 4.78 is 54.8. The fourth-order valence-corrected chi connectivity index (χ4v) is 4.72. The Morgan fingerprint density at radius 1 is 1.22 bits per heavy atom. The summed E-state index contributed by atoms with van der Waals surface area (Å²) in [4.78, 5) is 37.0. The Hall–Kier alpha value is -2.36. The normalized spacial score (nSPS) is 22.9. The highest BCUT2D eigenvalue weighted by molar-refractivity contribution is 6.30. The molecule has 0 bridgehead atoms. The highest BCUT2D eigenvalue weighted by Gasteiger charge is 2.56. The number of amides is 3. The number of rotatable bonds is 6. The Morgan fingerprint density at radius 3 is 2.47 bits per heavy atom. The molecule has 1 saturated heterocycles. The van der Waals surface area contributed by atoms with Crippen LogP contribution in [0, 0.1) is 17.7 Å². The van der Waals surface area contributed by atoms with Crippen LogP contribution in [0.2, 0.25) is 5.02 Å². The van der Waals surface area contributed by atoms with Gasteiger partial charge >= 0.3 is 18.2 Å². The van der Waals surface area contributed by atoms with E-state index in [1.54, 1.807) is 0 Å². The van der Waals surface area contributed by atoms with Crippen molar-refractivity contribution in [1.29, 1.82) is 0 Å². The first-order valence-electron chi connectivity index (χ1n) is 10.4. The highest BCUT2D eigenvalue weighted by atomic mass is 35.5. The molecule has 1 aliphatic carbocycles. The zero-order chi connectivity index (χ0) is 23.6. The van der Waals surface area contributed by atoms with Crippen molar-refractivity contribution in [1.82, 2.24) is 10.2 Å². The van der Waals surface area contributed by atoms with E-state index in [0.717, 1.165) is 6.42 Å². The summed E-state index contributed by atoms with van der Waals surface area (Å²) in [7, 11) is 0. The molecule has 2 N–H and O–H groups in total. The maximum absolute atomic E-state index is 14.0. The number of carbonyl (C=O) groups is 3. The largest absolute Gasteiger partial charge is 0.480 e. The smallest absolute Gasteiger partial charge is 0.408 e. The maximum Gasteiger partial charge on any atom is 0.408 e. The van der Waals surface area contributed by atoms with Crippen LogP contribution in [0.3, 0.4) is 0 Å². The molecule has 3 atom stereocenters. The molecule has 1 aliphatic heterocycles. The Balaban J connectivity index is 1.70. The van der Waals surface area contributed by atoms with Crippen LogP contribution in [0.15, 0.2) is 18.2 Å². The van der Waals surface area contributed by atoms with E-state index in [0.29, 0.717) is 17.7 Å². The van der Waals surface area contributed by atoms with E-state index in [1.807, 2.05) is 5.32 Å². The number of nitrogens with zero attached hydrogens (tertiary/aromatic N) is 1. The number of urea groups is 1. The molecule has 1 heterocycles. The lowest BCUT2D eigenvalue weighted by Gasteiger charge is -2.44. The summed E-state index contributed by atoms with van der Waals surface area (Å²) in [6.45, 7) is 0. The predicted octanol–water partition coefficient (Wildman–Crippen LogP) is 4.54. The number of carboxylic acids is 1. The SMILES string of the molecule is O=C(O)[C@@H]1C(CCc2cccc(Cl)c2F)C(=O)N1C(=O)N[C@@H](C1CCCCC1)C(F)(F)F. The number of hydrogen-bond acceptors (Lipinski definition) is 3. The lowest BCUT2D eigenvalue weighted by Crippen LogP contribution is -2.69. The number of aliphatic carboxylic acids is 1. The molecule has 3 rings (SSSR count). The molecule has 6 nitrogen and oxygen atoms in total. The molecule has 3 amide bonds.